The molecule has 10 heteroatoms. The Labute approximate surface area is 164 Å². The zero-order valence-corrected chi connectivity index (χ0v) is 15.3. The molecule has 148 valence electrons. The van der Waals surface area contributed by atoms with Crippen molar-refractivity contribution in [2.75, 3.05) is 23.9 Å². The maximum Gasteiger partial charge on any atom is 0.263 e. The molecular weight excluding hydrogens is 381 g/mol. The molecule has 3 amide bonds. The second kappa shape index (κ2) is 7.30. The van der Waals surface area contributed by atoms with Crippen LogP contribution in [0.25, 0.3) is 0 Å². The van der Waals surface area contributed by atoms with Gasteiger partial charge in [-0.2, -0.15) is 5.11 Å². The number of halogens is 1. The molecule has 1 N–H and O–H groups in total. The number of anilines is 2. The molecule has 0 saturated carbocycles. The highest BCUT2D eigenvalue weighted by molar-refractivity contribution is 6.25. The van der Waals surface area contributed by atoms with E-state index < -0.39 is 35.6 Å². The van der Waals surface area contributed by atoms with Gasteiger partial charge in [-0.25, -0.2) is 9.29 Å². The summed E-state index contributed by atoms with van der Waals surface area (Å²) in [5.41, 5.74) is 0.791. The fourth-order valence-corrected chi connectivity index (χ4v) is 3.22. The molecule has 0 radical (unpaired) electrons. The van der Waals surface area contributed by atoms with E-state index in [2.05, 4.69) is 15.7 Å². The van der Waals surface area contributed by atoms with Gasteiger partial charge in [-0.15, -0.1) is 0 Å². The molecule has 9 nitrogen and oxygen atoms in total. The number of benzene rings is 2. The van der Waals surface area contributed by atoms with Gasteiger partial charge >= 0.3 is 0 Å². The van der Waals surface area contributed by atoms with E-state index in [0.717, 1.165) is 17.0 Å². The standard InChI is InChI=1S/C19H16FN5O4/c1-29-14-8-4-12(5-9-14)21-15(26)10-24-17-16(22-23-24)18(27)25(19(17)28)13-6-2-11(20)3-7-13/h2-9,16-17H,10H2,1H3,(H,21,26)/t16-,17+/m1/s1. The average Bonchev–Trinajstić information content (AvgIpc) is 3.23. The lowest BCUT2D eigenvalue weighted by atomic mass is 10.1. The van der Waals surface area contributed by atoms with Crippen molar-refractivity contribution in [3.8, 4) is 5.75 Å². The summed E-state index contributed by atoms with van der Waals surface area (Å²) < 4.78 is 18.2. The second-order valence-electron chi connectivity index (χ2n) is 6.46. The van der Waals surface area contributed by atoms with E-state index in [1.54, 1.807) is 24.3 Å². The predicted octanol–water partition coefficient (Wildman–Crippen LogP) is 1.77. The summed E-state index contributed by atoms with van der Waals surface area (Å²) in [7, 11) is 1.54. The topological polar surface area (TPSA) is 104 Å². The van der Waals surface area contributed by atoms with Crippen LogP contribution in [0.4, 0.5) is 15.8 Å². The molecule has 2 aliphatic heterocycles. The molecule has 1 fully saturated rings. The molecule has 0 bridgehead atoms. The van der Waals surface area contributed by atoms with Crippen LogP contribution in [0.2, 0.25) is 0 Å². The van der Waals surface area contributed by atoms with E-state index in [-0.39, 0.29) is 12.2 Å². The van der Waals surface area contributed by atoms with Crippen LogP contribution >= 0.6 is 0 Å². The van der Waals surface area contributed by atoms with Crippen LogP contribution in [0.5, 0.6) is 5.75 Å². The zero-order valence-electron chi connectivity index (χ0n) is 15.3. The van der Waals surface area contributed by atoms with Gasteiger partial charge in [0.2, 0.25) is 5.91 Å². The molecule has 0 spiro atoms. The number of imide groups is 1. The molecule has 0 unspecified atom stereocenters. The van der Waals surface area contributed by atoms with Crippen LogP contribution < -0.4 is 15.0 Å². The number of fused-ring (bicyclic) bond motifs is 1. The van der Waals surface area contributed by atoms with Gasteiger partial charge in [-0.05, 0) is 48.5 Å². The second-order valence-corrected chi connectivity index (χ2v) is 6.46. The molecule has 2 aliphatic rings. The highest BCUT2D eigenvalue weighted by atomic mass is 19.1. The minimum absolute atomic E-state index is 0.244. The van der Waals surface area contributed by atoms with Gasteiger partial charge in [0.15, 0.2) is 12.1 Å². The number of carbonyl (C=O) groups is 3. The number of methoxy groups -OCH3 is 1. The molecule has 2 aromatic rings. The highest BCUT2D eigenvalue weighted by Crippen LogP contribution is 2.31. The average molecular weight is 397 g/mol. The number of carbonyl (C=O) groups excluding carboxylic acids is 3. The van der Waals surface area contributed by atoms with Crippen molar-refractivity contribution in [2.24, 2.45) is 10.3 Å². The Bertz CT molecular complexity index is 993. The number of amides is 3. The first kappa shape index (κ1) is 18.5. The fourth-order valence-electron chi connectivity index (χ4n) is 3.22. The summed E-state index contributed by atoms with van der Waals surface area (Å²) in [6.45, 7) is -0.257. The van der Waals surface area contributed by atoms with Crippen molar-refractivity contribution >= 4 is 29.1 Å². The lowest BCUT2D eigenvalue weighted by molar-refractivity contribution is -0.123. The quantitative estimate of drug-likeness (QED) is 0.775. The van der Waals surface area contributed by atoms with Gasteiger partial charge in [-0.3, -0.25) is 19.4 Å². The van der Waals surface area contributed by atoms with Crippen LogP contribution in [0.3, 0.4) is 0 Å². The van der Waals surface area contributed by atoms with Gasteiger partial charge < -0.3 is 10.1 Å². The summed E-state index contributed by atoms with van der Waals surface area (Å²) in [5.74, 6) is -1.38. The molecule has 4 rings (SSSR count). The van der Waals surface area contributed by atoms with Gasteiger partial charge in [0.1, 0.15) is 18.1 Å². The molecule has 2 atom stereocenters. The van der Waals surface area contributed by atoms with Crippen LogP contribution in [-0.4, -0.2) is 48.5 Å². The van der Waals surface area contributed by atoms with E-state index >= 15 is 0 Å². The minimum atomic E-state index is -1.03. The summed E-state index contributed by atoms with van der Waals surface area (Å²) in [4.78, 5) is 38.7. The van der Waals surface area contributed by atoms with E-state index in [9.17, 15) is 18.8 Å². The number of hydrogen-bond donors (Lipinski definition) is 1. The van der Waals surface area contributed by atoms with Crippen LogP contribution in [0, 0.1) is 5.82 Å². The SMILES string of the molecule is COc1ccc(NC(=O)CN2N=N[C@H]3C(=O)N(c4ccc(F)cc4)C(=O)[C@H]32)cc1. The van der Waals surface area contributed by atoms with Crippen molar-refractivity contribution in [3.05, 3.63) is 54.3 Å². The zero-order chi connectivity index (χ0) is 20.5. The number of hydrogen-bond acceptors (Lipinski definition) is 7. The van der Waals surface area contributed by atoms with Crippen molar-refractivity contribution < 1.29 is 23.5 Å². The van der Waals surface area contributed by atoms with E-state index in [4.69, 9.17) is 4.74 Å². The lowest BCUT2D eigenvalue weighted by Crippen LogP contribution is -2.43. The maximum atomic E-state index is 13.1. The molecule has 0 aliphatic carbocycles. The van der Waals surface area contributed by atoms with Gasteiger partial charge in [-0.1, -0.05) is 5.22 Å². The van der Waals surface area contributed by atoms with Gasteiger partial charge in [0, 0.05) is 5.69 Å². The third kappa shape index (κ3) is 3.40. The number of nitrogens with one attached hydrogen (secondary N) is 1. The summed E-state index contributed by atoms with van der Waals surface area (Å²) >= 11 is 0. The molecular formula is C19H16FN5O4. The molecule has 1 saturated heterocycles. The summed E-state index contributed by atoms with van der Waals surface area (Å²) in [6.07, 6.45) is 0. The molecule has 2 heterocycles. The van der Waals surface area contributed by atoms with Crippen molar-refractivity contribution in [1.29, 1.82) is 0 Å². The van der Waals surface area contributed by atoms with Crippen molar-refractivity contribution in [2.45, 2.75) is 12.1 Å². The first-order valence-corrected chi connectivity index (χ1v) is 8.72. The Morgan fingerprint density at radius 3 is 2.45 bits per heavy atom. The van der Waals surface area contributed by atoms with E-state index in [0.29, 0.717) is 11.4 Å². The molecule has 2 aromatic carbocycles. The molecule has 29 heavy (non-hydrogen) atoms. The first-order valence-electron chi connectivity index (χ1n) is 8.72. The fraction of sp³-hybridized carbons (Fsp3) is 0.211. The predicted molar refractivity (Wildman–Crippen MR) is 99.7 cm³/mol. The Morgan fingerprint density at radius 1 is 1.10 bits per heavy atom. The van der Waals surface area contributed by atoms with Gasteiger partial charge in [0.05, 0.1) is 12.8 Å². The Kier molecular flexibility index (Phi) is 4.67. The Balaban J connectivity index is 1.45. The van der Waals surface area contributed by atoms with Crippen molar-refractivity contribution in [1.82, 2.24) is 5.01 Å². The summed E-state index contributed by atoms with van der Waals surface area (Å²) in [6, 6.07) is 9.69. The van der Waals surface area contributed by atoms with Gasteiger partial charge in [0.25, 0.3) is 11.8 Å². The van der Waals surface area contributed by atoms with E-state index in [1.165, 1.54) is 24.3 Å². The van der Waals surface area contributed by atoms with Crippen LogP contribution in [0.1, 0.15) is 0 Å². The Morgan fingerprint density at radius 2 is 1.79 bits per heavy atom. The number of nitrogens with zero attached hydrogens (tertiary/aromatic N) is 4. The number of rotatable bonds is 5. The maximum absolute atomic E-state index is 13.1. The van der Waals surface area contributed by atoms with E-state index in [1.807, 2.05) is 0 Å². The van der Waals surface area contributed by atoms with Crippen molar-refractivity contribution in [3.63, 3.8) is 0 Å². The smallest absolute Gasteiger partial charge is 0.263 e. The van der Waals surface area contributed by atoms with Crippen LogP contribution in [0.15, 0.2) is 58.9 Å². The normalized spacial score (nSPS) is 20.2. The monoisotopic (exact) mass is 397 g/mol. The lowest BCUT2D eigenvalue weighted by Gasteiger charge is -2.20. The first-order chi connectivity index (χ1) is 14.0. The molecule has 0 aromatic heterocycles. The summed E-state index contributed by atoms with van der Waals surface area (Å²) in [5, 5.41) is 11.5. The minimum Gasteiger partial charge on any atom is -0.497 e. The third-order valence-electron chi connectivity index (χ3n) is 4.62. The third-order valence-corrected chi connectivity index (χ3v) is 4.62. The highest BCUT2D eigenvalue weighted by Gasteiger charge is 2.55. The largest absolute Gasteiger partial charge is 0.497 e. The van der Waals surface area contributed by atoms with Crippen LogP contribution in [-0.2, 0) is 14.4 Å². The Hall–Kier alpha value is -3.82. The number of ether oxygens (including phenoxy) is 1.